The van der Waals surface area contributed by atoms with Gasteiger partial charge in [-0.2, -0.15) is 0 Å². The second-order valence-electron chi connectivity index (χ2n) is 4.58. The minimum Gasteiger partial charge on any atom is -0.459 e. The highest BCUT2D eigenvalue weighted by molar-refractivity contribution is 5.81. The van der Waals surface area contributed by atoms with E-state index in [4.69, 9.17) is 4.74 Å². The second-order valence-corrected chi connectivity index (χ2v) is 4.58. The van der Waals surface area contributed by atoms with Crippen LogP contribution in [-0.2, 0) is 9.53 Å². The zero-order valence-corrected chi connectivity index (χ0v) is 11.5. The Morgan fingerprint density at radius 2 is 1.71 bits per heavy atom. The number of unbranched alkanes of at least 4 members (excludes halogenated alkanes) is 6. The summed E-state index contributed by atoms with van der Waals surface area (Å²) in [6.07, 6.45) is 12.3. The Balaban J connectivity index is 3.43. The molecule has 0 fully saturated rings. The van der Waals surface area contributed by atoms with Gasteiger partial charge in [-0.1, -0.05) is 59.0 Å². The molecular weight excluding hydrogens is 212 g/mol. The van der Waals surface area contributed by atoms with Gasteiger partial charge in [0, 0.05) is 6.08 Å². The van der Waals surface area contributed by atoms with Gasteiger partial charge >= 0.3 is 5.97 Å². The first-order chi connectivity index (χ1) is 8.24. The smallest absolute Gasteiger partial charge is 0.330 e. The first kappa shape index (κ1) is 16.2. The van der Waals surface area contributed by atoms with Crippen molar-refractivity contribution in [3.63, 3.8) is 0 Å². The summed E-state index contributed by atoms with van der Waals surface area (Å²) in [4.78, 5) is 11.0. The summed E-state index contributed by atoms with van der Waals surface area (Å²) >= 11 is 0. The molecule has 0 amide bonds. The molecule has 0 bridgehead atoms. The summed E-state index contributed by atoms with van der Waals surface area (Å²) in [5.41, 5.74) is 0. The Morgan fingerprint density at radius 1 is 1.12 bits per heavy atom. The molecule has 0 aliphatic heterocycles. The highest BCUT2D eigenvalue weighted by Crippen LogP contribution is 2.13. The zero-order chi connectivity index (χ0) is 12.9. The zero-order valence-electron chi connectivity index (χ0n) is 11.5. The van der Waals surface area contributed by atoms with Crippen LogP contribution in [0.4, 0.5) is 0 Å². The minimum atomic E-state index is -0.292. The third kappa shape index (κ3) is 10.1. The van der Waals surface area contributed by atoms with E-state index < -0.39 is 0 Å². The van der Waals surface area contributed by atoms with Crippen LogP contribution in [0.15, 0.2) is 12.7 Å². The van der Waals surface area contributed by atoms with Gasteiger partial charge in [0.05, 0.1) is 0 Å². The van der Waals surface area contributed by atoms with Crippen LogP contribution in [0.5, 0.6) is 0 Å². The molecule has 0 aromatic heterocycles. The van der Waals surface area contributed by atoms with E-state index in [0.29, 0.717) is 0 Å². The fraction of sp³-hybridized carbons (Fsp3) is 0.800. The number of rotatable bonds is 11. The molecule has 17 heavy (non-hydrogen) atoms. The average Bonchev–Trinajstić information content (AvgIpc) is 2.35. The van der Waals surface area contributed by atoms with Crippen LogP contribution >= 0.6 is 0 Å². The predicted octanol–water partition coefficient (Wildman–Crippen LogP) is 4.63. The monoisotopic (exact) mass is 240 g/mol. The highest BCUT2D eigenvalue weighted by Gasteiger charge is 2.09. The van der Waals surface area contributed by atoms with Gasteiger partial charge in [0.15, 0.2) is 0 Å². The molecule has 0 rings (SSSR count). The third-order valence-electron chi connectivity index (χ3n) is 3.03. The van der Waals surface area contributed by atoms with Gasteiger partial charge in [-0.05, 0) is 19.3 Å². The summed E-state index contributed by atoms with van der Waals surface area (Å²) in [5.74, 6) is -0.292. The molecule has 0 heterocycles. The van der Waals surface area contributed by atoms with Crippen LogP contribution < -0.4 is 0 Å². The molecule has 0 spiro atoms. The number of ether oxygens (including phenoxy) is 1. The molecule has 100 valence electrons. The lowest BCUT2D eigenvalue weighted by atomic mass is 10.1. The van der Waals surface area contributed by atoms with Crippen molar-refractivity contribution < 1.29 is 9.53 Å². The van der Waals surface area contributed by atoms with E-state index in [1.54, 1.807) is 0 Å². The van der Waals surface area contributed by atoms with E-state index in [0.717, 1.165) is 19.3 Å². The first-order valence-corrected chi connectivity index (χ1v) is 7.07. The Kier molecular flexibility index (Phi) is 11.1. The van der Waals surface area contributed by atoms with Crippen molar-refractivity contribution in [1.29, 1.82) is 0 Å². The lowest BCUT2D eigenvalue weighted by Gasteiger charge is -2.14. The molecular formula is C15H28O2. The van der Waals surface area contributed by atoms with Crippen molar-refractivity contribution >= 4 is 5.97 Å². The summed E-state index contributed by atoms with van der Waals surface area (Å²) in [5, 5.41) is 0. The lowest BCUT2D eigenvalue weighted by molar-refractivity contribution is -0.143. The minimum absolute atomic E-state index is 0.0798. The van der Waals surface area contributed by atoms with Crippen LogP contribution in [0.3, 0.4) is 0 Å². The van der Waals surface area contributed by atoms with Crippen molar-refractivity contribution in [3.8, 4) is 0 Å². The van der Waals surface area contributed by atoms with Crippen molar-refractivity contribution in [1.82, 2.24) is 0 Å². The number of carbonyl (C=O) groups is 1. The molecule has 0 aromatic carbocycles. The van der Waals surface area contributed by atoms with Crippen LogP contribution in [-0.4, -0.2) is 12.1 Å². The molecule has 0 radical (unpaired) electrons. The molecule has 0 aliphatic carbocycles. The molecule has 0 aromatic rings. The highest BCUT2D eigenvalue weighted by atomic mass is 16.5. The maximum Gasteiger partial charge on any atom is 0.330 e. The van der Waals surface area contributed by atoms with Gasteiger partial charge in [0.2, 0.25) is 0 Å². The number of hydrogen-bond donors (Lipinski definition) is 0. The number of carbonyl (C=O) groups excluding carboxylic acids is 1. The Bertz CT molecular complexity index is 199. The quantitative estimate of drug-likeness (QED) is 0.299. The molecule has 2 nitrogen and oxygen atoms in total. The van der Waals surface area contributed by atoms with Crippen LogP contribution in [0.25, 0.3) is 0 Å². The fourth-order valence-electron chi connectivity index (χ4n) is 1.89. The maximum absolute atomic E-state index is 11.0. The van der Waals surface area contributed by atoms with Gasteiger partial charge in [-0.15, -0.1) is 0 Å². The van der Waals surface area contributed by atoms with Gasteiger partial charge < -0.3 is 4.74 Å². The first-order valence-electron chi connectivity index (χ1n) is 7.07. The summed E-state index contributed by atoms with van der Waals surface area (Å²) < 4.78 is 5.24. The molecule has 0 N–H and O–H groups in total. The van der Waals surface area contributed by atoms with Crippen molar-refractivity contribution in [2.75, 3.05) is 0 Å². The summed E-state index contributed by atoms with van der Waals surface area (Å²) in [6, 6.07) is 0. The normalized spacial score (nSPS) is 12.1. The van der Waals surface area contributed by atoms with Crippen molar-refractivity contribution in [2.45, 2.75) is 77.7 Å². The predicted molar refractivity (Wildman–Crippen MR) is 73.0 cm³/mol. The van der Waals surface area contributed by atoms with Gasteiger partial charge in [0.1, 0.15) is 6.10 Å². The van der Waals surface area contributed by atoms with E-state index in [9.17, 15) is 4.79 Å². The van der Waals surface area contributed by atoms with Gasteiger partial charge in [-0.3, -0.25) is 0 Å². The van der Waals surface area contributed by atoms with Crippen LogP contribution in [0.1, 0.15) is 71.6 Å². The fourth-order valence-corrected chi connectivity index (χ4v) is 1.89. The maximum atomic E-state index is 11.0. The van der Waals surface area contributed by atoms with E-state index >= 15 is 0 Å². The van der Waals surface area contributed by atoms with Crippen molar-refractivity contribution in [2.24, 2.45) is 0 Å². The van der Waals surface area contributed by atoms with Gasteiger partial charge in [0.25, 0.3) is 0 Å². The largest absolute Gasteiger partial charge is 0.459 e. The van der Waals surface area contributed by atoms with Crippen LogP contribution in [0.2, 0.25) is 0 Å². The number of esters is 1. The number of hydrogen-bond acceptors (Lipinski definition) is 2. The van der Waals surface area contributed by atoms with Crippen molar-refractivity contribution in [3.05, 3.63) is 12.7 Å². The standard InChI is InChI=1S/C15H28O2/c1-4-7-8-9-10-11-12-13-14(5-2)17-15(16)6-3/h6,14H,3-5,7-13H2,1-2H3. The van der Waals surface area contributed by atoms with Gasteiger partial charge in [-0.25, -0.2) is 4.79 Å². The molecule has 0 aliphatic rings. The topological polar surface area (TPSA) is 26.3 Å². The SMILES string of the molecule is C=CC(=O)OC(CC)CCCCCCCCC. The average molecular weight is 240 g/mol. The van der Waals surface area contributed by atoms with E-state index in [1.165, 1.54) is 44.6 Å². The Hall–Kier alpha value is -0.790. The van der Waals surface area contributed by atoms with Crippen LogP contribution in [0, 0.1) is 0 Å². The third-order valence-corrected chi connectivity index (χ3v) is 3.03. The summed E-state index contributed by atoms with van der Waals surface area (Å²) in [7, 11) is 0. The molecule has 0 saturated carbocycles. The summed E-state index contributed by atoms with van der Waals surface area (Å²) in [6.45, 7) is 7.71. The molecule has 0 saturated heterocycles. The molecule has 2 heteroatoms. The second kappa shape index (κ2) is 11.7. The Morgan fingerprint density at radius 3 is 2.24 bits per heavy atom. The Labute approximate surface area is 106 Å². The molecule has 1 atom stereocenters. The van der Waals surface area contributed by atoms with E-state index in [1.807, 2.05) is 0 Å². The lowest BCUT2D eigenvalue weighted by Crippen LogP contribution is -2.15. The van der Waals surface area contributed by atoms with E-state index in [-0.39, 0.29) is 12.1 Å². The van der Waals surface area contributed by atoms with E-state index in [2.05, 4.69) is 20.4 Å². The molecule has 1 unspecified atom stereocenters.